The first-order valence-electron chi connectivity index (χ1n) is 5.39. The maximum absolute atomic E-state index is 11.4. The van der Waals surface area contributed by atoms with E-state index < -0.39 is 9.84 Å². The highest BCUT2D eigenvalue weighted by molar-refractivity contribution is 7.90. The minimum absolute atomic E-state index is 0.133. The minimum atomic E-state index is -3.27. The highest BCUT2D eigenvalue weighted by Gasteiger charge is 2.12. The molecule has 0 saturated heterocycles. The lowest BCUT2D eigenvalue weighted by Gasteiger charge is -2.06. The molecular formula is C11H13N5O2S. The second kappa shape index (κ2) is 4.81. The van der Waals surface area contributed by atoms with Crippen LogP contribution in [0.5, 0.6) is 0 Å². The van der Waals surface area contributed by atoms with Gasteiger partial charge in [0.15, 0.2) is 9.84 Å². The number of hydrogen-bond acceptors (Lipinski definition) is 5. The van der Waals surface area contributed by atoms with Crippen LogP contribution in [0.1, 0.15) is 11.3 Å². The van der Waals surface area contributed by atoms with Gasteiger partial charge in [-0.1, -0.05) is 6.07 Å². The van der Waals surface area contributed by atoms with E-state index in [1.54, 1.807) is 18.3 Å². The summed E-state index contributed by atoms with van der Waals surface area (Å²) in [5.74, 6) is -0.133. The Morgan fingerprint density at radius 1 is 1.53 bits per heavy atom. The van der Waals surface area contributed by atoms with Gasteiger partial charge in [0.1, 0.15) is 16.4 Å². The van der Waals surface area contributed by atoms with Crippen LogP contribution in [-0.2, 0) is 16.4 Å². The van der Waals surface area contributed by atoms with E-state index in [0.29, 0.717) is 17.8 Å². The van der Waals surface area contributed by atoms with Gasteiger partial charge in [-0.2, -0.15) is 5.10 Å². The molecule has 0 spiro atoms. The van der Waals surface area contributed by atoms with Gasteiger partial charge in [-0.15, -0.1) is 0 Å². The molecule has 0 atom stereocenters. The van der Waals surface area contributed by atoms with Gasteiger partial charge in [0.25, 0.3) is 0 Å². The summed E-state index contributed by atoms with van der Waals surface area (Å²) in [6.07, 6.45) is 5.40. The molecule has 0 saturated carbocycles. The normalized spacial score (nSPS) is 11.4. The number of hydrogen-bond donors (Lipinski definition) is 2. The molecule has 8 heteroatoms. The summed E-state index contributed by atoms with van der Waals surface area (Å²) in [4.78, 5) is 4.17. The van der Waals surface area contributed by atoms with Gasteiger partial charge in [-0.05, 0) is 6.07 Å². The van der Waals surface area contributed by atoms with Gasteiger partial charge in [-0.3, -0.25) is 15.1 Å². The number of nitrogen functional groups attached to an aromatic ring is 1. The summed E-state index contributed by atoms with van der Waals surface area (Å²) in [5, 5.41) is 11.4. The van der Waals surface area contributed by atoms with Crippen molar-refractivity contribution in [1.29, 1.82) is 5.41 Å². The quantitative estimate of drug-likeness (QED) is 0.604. The Bertz CT molecular complexity index is 720. The predicted octanol–water partition coefficient (Wildman–Crippen LogP) is 0.0140. The third-order valence-electron chi connectivity index (χ3n) is 2.52. The van der Waals surface area contributed by atoms with Gasteiger partial charge in [0, 0.05) is 24.2 Å². The number of amidine groups is 1. The van der Waals surface area contributed by atoms with Crippen molar-refractivity contribution in [2.24, 2.45) is 5.73 Å². The average molecular weight is 279 g/mol. The highest BCUT2D eigenvalue weighted by atomic mass is 32.2. The number of nitrogens with zero attached hydrogens (tertiary/aromatic N) is 3. The predicted molar refractivity (Wildman–Crippen MR) is 69.7 cm³/mol. The molecule has 0 aliphatic heterocycles. The highest BCUT2D eigenvalue weighted by Crippen LogP contribution is 2.10. The molecule has 2 aromatic heterocycles. The number of rotatable bonds is 4. The molecule has 2 rings (SSSR count). The van der Waals surface area contributed by atoms with Crippen LogP contribution < -0.4 is 5.73 Å². The topological polar surface area (TPSA) is 115 Å². The summed E-state index contributed by atoms with van der Waals surface area (Å²) < 4.78 is 24.2. The van der Waals surface area contributed by atoms with Crippen LogP contribution in [0.3, 0.4) is 0 Å². The van der Waals surface area contributed by atoms with Gasteiger partial charge in [0.2, 0.25) is 0 Å². The standard InChI is InChI=1S/C11H13N5O2S/c1-19(17,18)9-5-15-16(7-9)6-8-3-2-4-14-10(8)11(12)13/h2-5,7H,6H2,1H3,(H3,12,13). The Morgan fingerprint density at radius 3 is 2.84 bits per heavy atom. The number of sulfone groups is 1. The van der Waals surface area contributed by atoms with Gasteiger partial charge < -0.3 is 5.73 Å². The van der Waals surface area contributed by atoms with Crippen LogP contribution in [-0.4, -0.2) is 35.3 Å². The number of nitrogens with one attached hydrogen (secondary N) is 1. The zero-order valence-electron chi connectivity index (χ0n) is 10.2. The summed E-state index contributed by atoms with van der Waals surface area (Å²) in [6, 6.07) is 3.49. The van der Waals surface area contributed by atoms with E-state index in [9.17, 15) is 8.42 Å². The Hall–Kier alpha value is -2.22. The third-order valence-corrected chi connectivity index (χ3v) is 3.58. The molecule has 0 fully saturated rings. The first kappa shape index (κ1) is 13.2. The van der Waals surface area contributed by atoms with Crippen molar-refractivity contribution >= 4 is 15.7 Å². The second-order valence-electron chi connectivity index (χ2n) is 4.07. The van der Waals surface area contributed by atoms with Gasteiger partial charge in [0.05, 0.1) is 12.7 Å². The fourth-order valence-electron chi connectivity index (χ4n) is 1.61. The first-order valence-corrected chi connectivity index (χ1v) is 7.28. The zero-order valence-corrected chi connectivity index (χ0v) is 11.1. The Morgan fingerprint density at radius 2 is 2.26 bits per heavy atom. The smallest absolute Gasteiger partial charge is 0.178 e. The molecule has 0 radical (unpaired) electrons. The minimum Gasteiger partial charge on any atom is -0.382 e. The van der Waals surface area contributed by atoms with E-state index in [1.165, 1.54) is 17.1 Å². The Kier molecular flexibility index (Phi) is 3.34. The lowest BCUT2D eigenvalue weighted by atomic mass is 10.2. The second-order valence-corrected chi connectivity index (χ2v) is 6.09. The molecule has 0 bridgehead atoms. The van der Waals surface area contributed by atoms with Crippen molar-refractivity contribution in [3.8, 4) is 0 Å². The van der Waals surface area contributed by atoms with Crippen LogP contribution in [0.2, 0.25) is 0 Å². The largest absolute Gasteiger partial charge is 0.382 e. The van der Waals surface area contributed by atoms with Crippen molar-refractivity contribution in [2.75, 3.05) is 6.26 Å². The molecule has 19 heavy (non-hydrogen) atoms. The first-order chi connectivity index (χ1) is 8.88. The monoisotopic (exact) mass is 279 g/mol. The number of pyridine rings is 1. The number of nitrogens with two attached hydrogens (primary N) is 1. The molecule has 0 amide bonds. The van der Waals surface area contributed by atoms with E-state index in [4.69, 9.17) is 11.1 Å². The van der Waals surface area contributed by atoms with E-state index in [-0.39, 0.29) is 10.7 Å². The van der Waals surface area contributed by atoms with Crippen LogP contribution in [0.15, 0.2) is 35.6 Å². The SMILES string of the molecule is CS(=O)(=O)c1cnn(Cc2cccnc2C(=N)N)c1. The fourth-order valence-corrected chi connectivity index (χ4v) is 2.16. The van der Waals surface area contributed by atoms with E-state index in [0.717, 1.165) is 6.26 Å². The Labute approximate surface area is 110 Å². The van der Waals surface area contributed by atoms with Gasteiger partial charge >= 0.3 is 0 Å². The molecule has 0 aliphatic rings. The zero-order chi connectivity index (χ0) is 14.0. The van der Waals surface area contributed by atoms with Crippen LogP contribution >= 0.6 is 0 Å². The molecule has 7 nitrogen and oxygen atoms in total. The molecule has 3 N–H and O–H groups in total. The van der Waals surface area contributed by atoms with E-state index in [1.807, 2.05) is 0 Å². The van der Waals surface area contributed by atoms with Crippen molar-refractivity contribution in [3.63, 3.8) is 0 Å². The van der Waals surface area contributed by atoms with Crippen molar-refractivity contribution in [2.45, 2.75) is 11.4 Å². The third kappa shape index (κ3) is 2.97. The molecule has 2 aromatic rings. The molecular weight excluding hydrogens is 266 g/mol. The van der Waals surface area contributed by atoms with E-state index in [2.05, 4.69) is 10.1 Å². The number of aromatic nitrogens is 3. The lowest BCUT2D eigenvalue weighted by Crippen LogP contribution is -2.17. The van der Waals surface area contributed by atoms with Crippen LogP contribution in [0, 0.1) is 5.41 Å². The molecule has 0 aromatic carbocycles. The fraction of sp³-hybridized carbons (Fsp3) is 0.182. The summed E-state index contributed by atoms with van der Waals surface area (Å²) >= 11 is 0. The summed E-state index contributed by atoms with van der Waals surface area (Å²) in [6.45, 7) is 0.304. The van der Waals surface area contributed by atoms with Crippen molar-refractivity contribution in [3.05, 3.63) is 42.0 Å². The Balaban J connectivity index is 2.32. The maximum atomic E-state index is 11.4. The van der Waals surface area contributed by atoms with Crippen molar-refractivity contribution in [1.82, 2.24) is 14.8 Å². The van der Waals surface area contributed by atoms with E-state index >= 15 is 0 Å². The molecule has 2 heterocycles. The average Bonchev–Trinajstić information content (AvgIpc) is 2.77. The van der Waals surface area contributed by atoms with Crippen molar-refractivity contribution < 1.29 is 8.42 Å². The van der Waals surface area contributed by atoms with Gasteiger partial charge in [-0.25, -0.2) is 8.42 Å². The summed E-state index contributed by atoms with van der Waals surface area (Å²) in [5.41, 5.74) is 6.52. The van der Waals surface area contributed by atoms with Crippen LogP contribution in [0.4, 0.5) is 0 Å². The lowest BCUT2D eigenvalue weighted by molar-refractivity contribution is 0.601. The molecule has 100 valence electrons. The van der Waals surface area contributed by atoms with Crippen LogP contribution in [0.25, 0.3) is 0 Å². The maximum Gasteiger partial charge on any atom is 0.178 e. The summed E-state index contributed by atoms with van der Waals surface area (Å²) in [7, 11) is -3.27. The molecule has 0 unspecified atom stereocenters. The molecule has 0 aliphatic carbocycles.